The maximum atomic E-state index is 12.0. The van der Waals surface area contributed by atoms with Crippen molar-refractivity contribution < 1.29 is 19.1 Å². The number of hydrogen-bond donors (Lipinski definition) is 0. The average Bonchev–Trinajstić information content (AvgIpc) is 2.48. The first-order valence-electron chi connectivity index (χ1n) is 8.85. The van der Waals surface area contributed by atoms with E-state index in [-0.39, 0.29) is 24.1 Å². The molecule has 0 heterocycles. The van der Waals surface area contributed by atoms with Crippen LogP contribution < -0.4 is 0 Å². The van der Waals surface area contributed by atoms with Gasteiger partial charge in [-0.25, -0.2) is 0 Å². The zero-order valence-electron chi connectivity index (χ0n) is 14.6. The fourth-order valence-electron chi connectivity index (χ4n) is 2.62. The number of carbonyl (C=O) groups excluding carboxylic acids is 2. The van der Waals surface area contributed by atoms with Crippen LogP contribution in [0, 0.1) is 11.8 Å². The molecule has 1 fully saturated rings. The van der Waals surface area contributed by atoms with Crippen molar-refractivity contribution in [2.75, 3.05) is 0 Å². The van der Waals surface area contributed by atoms with Gasteiger partial charge in [0.1, 0.15) is 12.2 Å². The van der Waals surface area contributed by atoms with Gasteiger partial charge in [0.25, 0.3) is 0 Å². The monoisotopic (exact) mass is 312 g/mol. The second-order valence-corrected chi connectivity index (χ2v) is 6.78. The van der Waals surface area contributed by atoms with Crippen LogP contribution in [0.2, 0.25) is 0 Å². The largest absolute Gasteiger partial charge is 0.458 e. The Kier molecular flexibility index (Phi) is 8.51. The second kappa shape index (κ2) is 9.86. The van der Waals surface area contributed by atoms with Crippen LogP contribution in [0.25, 0.3) is 0 Å². The smallest absolute Gasteiger partial charge is 0.306 e. The van der Waals surface area contributed by atoms with Crippen molar-refractivity contribution in [1.82, 2.24) is 0 Å². The van der Waals surface area contributed by atoms with E-state index in [9.17, 15) is 9.59 Å². The lowest BCUT2D eigenvalue weighted by Gasteiger charge is -2.31. The third-order valence-electron chi connectivity index (χ3n) is 4.63. The molecule has 4 unspecified atom stereocenters. The number of hydrogen-bond acceptors (Lipinski definition) is 4. The van der Waals surface area contributed by atoms with E-state index in [0.29, 0.717) is 24.7 Å². The molecule has 1 aliphatic carbocycles. The molecule has 0 aromatic rings. The topological polar surface area (TPSA) is 52.6 Å². The van der Waals surface area contributed by atoms with Gasteiger partial charge < -0.3 is 9.47 Å². The number of carbonyl (C=O) groups is 2. The summed E-state index contributed by atoms with van der Waals surface area (Å²) in [5, 5.41) is 0. The van der Waals surface area contributed by atoms with E-state index in [0.717, 1.165) is 38.5 Å². The Morgan fingerprint density at radius 1 is 0.864 bits per heavy atom. The molecule has 1 rings (SSSR count). The van der Waals surface area contributed by atoms with E-state index in [1.807, 2.05) is 13.8 Å². The molecular formula is C18H32O4. The maximum Gasteiger partial charge on any atom is 0.306 e. The second-order valence-electron chi connectivity index (χ2n) is 6.78. The van der Waals surface area contributed by atoms with E-state index in [2.05, 4.69) is 13.8 Å². The molecule has 0 radical (unpaired) electrons. The van der Waals surface area contributed by atoms with Crippen molar-refractivity contribution in [2.45, 2.75) is 91.3 Å². The van der Waals surface area contributed by atoms with Gasteiger partial charge in [0, 0.05) is 12.8 Å². The summed E-state index contributed by atoms with van der Waals surface area (Å²) >= 11 is 0. The molecule has 0 aromatic carbocycles. The Balaban J connectivity index is 2.49. The van der Waals surface area contributed by atoms with Crippen LogP contribution in [-0.2, 0) is 19.1 Å². The molecule has 1 saturated carbocycles. The maximum absolute atomic E-state index is 12.0. The minimum Gasteiger partial charge on any atom is -0.458 e. The highest BCUT2D eigenvalue weighted by molar-refractivity contribution is 5.71. The molecule has 0 amide bonds. The zero-order chi connectivity index (χ0) is 16.5. The van der Waals surface area contributed by atoms with Gasteiger partial charge in [-0.2, -0.15) is 0 Å². The first-order valence-corrected chi connectivity index (χ1v) is 8.85. The lowest BCUT2D eigenvalue weighted by Crippen LogP contribution is -2.38. The quantitative estimate of drug-likeness (QED) is 0.628. The average molecular weight is 312 g/mol. The van der Waals surface area contributed by atoms with Gasteiger partial charge in [-0.05, 0) is 37.5 Å². The Morgan fingerprint density at radius 2 is 1.23 bits per heavy atom. The van der Waals surface area contributed by atoms with Gasteiger partial charge in [-0.1, -0.05) is 40.5 Å². The Morgan fingerprint density at radius 3 is 1.55 bits per heavy atom. The minimum absolute atomic E-state index is 0.163. The standard InChI is InChI=1S/C18H32O4/c1-5-13(3)11-17(19)21-15-9-7-8-10-16(15)22-18(20)12-14(4)6-2/h13-16H,5-12H2,1-4H3. The number of ether oxygens (including phenoxy) is 2. The molecule has 0 N–H and O–H groups in total. The Hall–Kier alpha value is -1.06. The minimum atomic E-state index is -0.258. The van der Waals surface area contributed by atoms with Gasteiger partial charge in [0.15, 0.2) is 0 Å². The molecule has 4 heteroatoms. The Bertz CT molecular complexity index is 319. The van der Waals surface area contributed by atoms with E-state index in [1.165, 1.54) is 0 Å². The summed E-state index contributed by atoms with van der Waals surface area (Å²) < 4.78 is 11.2. The highest BCUT2D eigenvalue weighted by atomic mass is 16.6. The van der Waals surface area contributed by atoms with Crippen molar-refractivity contribution in [3.63, 3.8) is 0 Å². The lowest BCUT2D eigenvalue weighted by atomic mass is 9.94. The van der Waals surface area contributed by atoms with Crippen molar-refractivity contribution in [3.8, 4) is 0 Å². The van der Waals surface area contributed by atoms with Crippen LogP contribution in [0.3, 0.4) is 0 Å². The van der Waals surface area contributed by atoms with Crippen LogP contribution in [0.4, 0.5) is 0 Å². The molecular weight excluding hydrogens is 280 g/mol. The van der Waals surface area contributed by atoms with Gasteiger partial charge in [-0.3, -0.25) is 9.59 Å². The fourth-order valence-corrected chi connectivity index (χ4v) is 2.62. The fraction of sp³-hybridized carbons (Fsp3) is 0.889. The van der Waals surface area contributed by atoms with Gasteiger partial charge in [-0.15, -0.1) is 0 Å². The normalized spacial score (nSPS) is 24.4. The van der Waals surface area contributed by atoms with Gasteiger partial charge in [0.05, 0.1) is 0 Å². The van der Waals surface area contributed by atoms with Crippen molar-refractivity contribution in [1.29, 1.82) is 0 Å². The molecule has 4 nitrogen and oxygen atoms in total. The SMILES string of the molecule is CCC(C)CC(=O)OC1CCCCC1OC(=O)CC(C)CC. The molecule has 0 aromatic heterocycles. The van der Waals surface area contributed by atoms with E-state index in [1.54, 1.807) is 0 Å². The third kappa shape index (κ3) is 6.80. The van der Waals surface area contributed by atoms with E-state index >= 15 is 0 Å². The van der Waals surface area contributed by atoms with Crippen molar-refractivity contribution in [3.05, 3.63) is 0 Å². The summed E-state index contributed by atoms with van der Waals surface area (Å²) in [6.07, 6.45) is 5.96. The van der Waals surface area contributed by atoms with Crippen LogP contribution in [0.5, 0.6) is 0 Å². The molecule has 0 bridgehead atoms. The predicted molar refractivity (Wildman–Crippen MR) is 86.4 cm³/mol. The third-order valence-corrected chi connectivity index (χ3v) is 4.63. The summed E-state index contributed by atoms with van der Waals surface area (Å²) in [6.45, 7) is 8.23. The lowest BCUT2D eigenvalue weighted by molar-refractivity contribution is -0.172. The molecule has 4 atom stereocenters. The van der Waals surface area contributed by atoms with E-state index < -0.39 is 0 Å². The predicted octanol–water partition coefficient (Wildman–Crippen LogP) is 4.26. The van der Waals surface area contributed by atoms with Crippen LogP contribution in [0.1, 0.15) is 79.1 Å². The summed E-state index contributed by atoms with van der Waals surface area (Å²) in [5.41, 5.74) is 0. The molecule has 0 saturated heterocycles. The summed E-state index contributed by atoms with van der Waals surface area (Å²) in [5.74, 6) is 0.346. The summed E-state index contributed by atoms with van der Waals surface area (Å²) in [4.78, 5) is 23.9. The van der Waals surface area contributed by atoms with Gasteiger partial charge in [0.2, 0.25) is 0 Å². The highest BCUT2D eigenvalue weighted by Gasteiger charge is 2.31. The zero-order valence-corrected chi connectivity index (χ0v) is 14.6. The molecule has 0 aliphatic heterocycles. The molecule has 128 valence electrons. The highest BCUT2D eigenvalue weighted by Crippen LogP contribution is 2.26. The number of rotatable bonds is 8. The first kappa shape index (κ1) is 19.0. The molecule has 22 heavy (non-hydrogen) atoms. The Labute approximate surface area is 134 Å². The van der Waals surface area contributed by atoms with Gasteiger partial charge >= 0.3 is 11.9 Å². The molecule has 0 spiro atoms. The first-order chi connectivity index (χ1) is 10.5. The van der Waals surface area contributed by atoms with Crippen LogP contribution >= 0.6 is 0 Å². The summed E-state index contributed by atoms with van der Waals surface area (Å²) in [7, 11) is 0. The van der Waals surface area contributed by atoms with Crippen LogP contribution in [-0.4, -0.2) is 24.1 Å². The van der Waals surface area contributed by atoms with E-state index in [4.69, 9.17) is 9.47 Å². The van der Waals surface area contributed by atoms with Crippen LogP contribution in [0.15, 0.2) is 0 Å². The number of esters is 2. The van der Waals surface area contributed by atoms with Crippen molar-refractivity contribution in [2.24, 2.45) is 11.8 Å². The molecule has 1 aliphatic rings. The van der Waals surface area contributed by atoms with Crippen molar-refractivity contribution >= 4 is 11.9 Å². The summed E-state index contributed by atoms with van der Waals surface area (Å²) in [6, 6.07) is 0.